The molecule has 0 radical (unpaired) electrons. The molecule has 1 aliphatic heterocycles. The molecule has 1 aromatic heterocycles. The summed E-state index contributed by atoms with van der Waals surface area (Å²) in [6.45, 7) is 1.77. The van der Waals surface area contributed by atoms with Crippen molar-refractivity contribution >= 4 is 33.2 Å². The molecule has 8 nitrogen and oxygen atoms in total. The predicted octanol–water partition coefficient (Wildman–Crippen LogP) is 2.87. The van der Waals surface area contributed by atoms with Crippen molar-refractivity contribution in [2.75, 3.05) is 6.54 Å². The highest BCUT2D eigenvalue weighted by molar-refractivity contribution is 7.89. The third-order valence-electron chi connectivity index (χ3n) is 5.25. The molecule has 33 heavy (non-hydrogen) atoms. The summed E-state index contributed by atoms with van der Waals surface area (Å²) in [6, 6.07) is 13.4. The minimum absolute atomic E-state index is 0.0804. The summed E-state index contributed by atoms with van der Waals surface area (Å²) in [5.41, 5.74) is 6.03. The number of nitrogens with one attached hydrogen (secondary N) is 2. The van der Waals surface area contributed by atoms with E-state index in [1.165, 1.54) is 23.5 Å². The second-order valence-corrected chi connectivity index (χ2v) is 10.3. The number of rotatable bonds is 5. The van der Waals surface area contributed by atoms with Gasteiger partial charge < -0.3 is 0 Å². The van der Waals surface area contributed by atoms with Crippen molar-refractivity contribution in [1.82, 2.24) is 20.1 Å². The van der Waals surface area contributed by atoms with Crippen molar-refractivity contribution in [3.63, 3.8) is 0 Å². The SMILES string of the molecule is Cc1nc(-c2ccccc2)sc1C(=O)NNC(=O)C1CCCN1S(=O)(=O)c1ccccc1F. The first-order valence-electron chi connectivity index (χ1n) is 10.2. The molecule has 2 heterocycles. The number of aromatic nitrogens is 1. The van der Waals surface area contributed by atoms with Crippen LogP contribution in [0.4, 0.5) is 4.39 Å². The van der Waals surface area contributed by atoms with Gasteiger partial charge in [-0.25, -0.2) is 17.8 Å². The molecule has 1 atom stereocenters. The number of halogens is 1. The zero-order valence-electron chi connectivity index (χ0n) is 17.6. The third-order valence-corrected chi connectivity index (χ3v) is 8.40. The summed E-state index contributed by atoms with van der Waals surface area (Å²) in [5, 5.41) is 0.669. The molecule has 3 aromatic rings. The van der Waals surface area contributed by atoms with Crippen LogP contribution in [0.15, 0.2) is 59.5 Å². The average Bonchev–Trinajstić information content (AvgIpc) is 3.46. The first-order valence-corrected chi connectivity index (χ1v) is 12.4. The Hall–Kier alpha value is -3.15. The number of thiazole rings is 1. The highest BCUT2D eigenvalue weighted by atomic mass is 32.2. The van der Waals surface area contributed by atoms with Crippen LogP contribution in [0.2, 0.25) is 0 Å². The number of amides is 2. The van der Waals surface area contributed by atoms with E-state index in [1.54, 1.807) is 6.92 Å². The van der Waals surface area contributed by atoms with Gasteiger partial charge in [-0.2, -0.15) is 4.31 Å². The van der Waals surface area contributed by atoms with E-state index in [-0.39, 0.29) is 13.0 Å². The molecular formula is C22H21FN4O4S2. The van der Waals surface area contributed by atoms with Gasteiger partial charge in [0.1, 0.15) is 26.6 Å². The fraction of sp³-hybridized carbons (Fsp3) is 0.227. The van der Waals surface area contributed by atoms with Crippen molar-refractivity contribution in [3.8, 4) is 10.6 Å². The summed E-state index contributed by atoms with van der Waals surface area (Å²) in [6.07, 6.45) is 0.696. The van der Waals surface area contributed by atoms with Crippen LogP contribution in [0.5, 0.6) is 0 Å². The number of hydrogen-bond acceptors (Lipinski definition) is 6. The van der Waals surface area contributed by atoms with Crippen LogP contribution in [0.3, 0.4) is 0 Å². The fourth-order valence-electron chi connectivity index (χ4n) is 3.64. The number of aryl methyl sites for hydroxylation is 1. The molecule has 172 valence electrons. The second kappa shape index (κ2) is 9.38. The average molecular weight is 489 g/mol. The van der Waals surface area contributed by atoms with Crippen molar-refractivity contribution in [1.29, 1.82) is 0 Å². The molecule has 0 aliphatic carbocycles. The van der Waals surface area contributed by atoms with Crippen LogP contribution in [-0.4, -0.2) is 42.1 Å². The van der Waals surface area contributed by atoms with Gasteiger partial charge in [0.25, 0.3) is 11.8 Å². The van der Waals surface area contributed by atoms with E-state index in [9.17, 15) is 22.4 Å². The second-order valence-electron chi connectivity index (χ2n) is 7.45. The van der Waals surface area contributed by atoms with Crippen LogP contribution < -0.4 is 10.9 Å². The molecule has 0 bridgehead atoms. The van der Waals surface area contributed by atoms with Crippen LogP contribution in [0.25, 0.3) is 10.6 Å². The number of hydrogen-bond donors (Lipinski definition) is 2. The van der Waals surface area contributed by atoms with Gasteiger partial charge in [0.2, 0.25) is 10.0 Å². The number of hydrazine groups is 1. The Bertz CT molecular complexity index is 1290. The fourth-order valence-corrected chi connectivity index (χ4v) is 6.33. The Kier molecular flexibility index (Phi) is 6.54. The lowest BCUT2D eigenvalue weighted by Gasteiger charge is -2.23. The topological polar surface area (TPSA) is 108 Å². The zero-order chi connectivity index (χ0) is 23.6. The largest absolute Gasteiger partial charge is 0.281 e. The minimum Gasteiger partial charge on any atom is -0.271 e. The normalized spacial score (nSPS) is 16.5. The predicted molar refractivity (Wildman–Crippen MR) is 121 cm³/mol. The molecule has 0 saturated carbocycles. The molecule has 11 heteroatoms. The van der Waals surface area contributed by atoms with Gasteiger partial charge in [-0.1, -0.05) is 42.5 Å². The quantitative estimate of drug-likeness (QED) is 0.537. The molecule has 1 fully saturated rings. The Balaban J connectivity index is 1.45. The summed E-state index contributed by atoms with van der Waals surface area (Å²) in [7, 11) is -4.21. The number of sulfonamides is 1. The number of carbonyl (C=O) groups excluding carboxylic acids is 2. The number of nitrogens with zero attached hydrogens (tertiary/aromatic N) is 2. The molecule has 0 spiro atoms. The lowest BCUT2D eigenvalue weighted by molar-refractivity contribution is -0.125. The molecule has 2 N–H and O–H groups in total. The monoisotopic (exact) mass is 488 g/mol. The van der Waals surface area contributed by atoms with Crippen molar-refractivity contribution in [3.05, 3.63) is 71.0 Å². The van der Waals surface area contributed by atoms with Gasteiger partial charge in [0, 0.05) is 12.1 Å². The Morgan fingerprint density at radius 2 is 1.79 bits per heavy atom. The number of carbonyl (C=O) groups is 2. The Morgan fingerprint density at radius 3 is 2.52 bits per heavy atom. The third kappa shape index (κ3) is 4.65. The van der Waals surface area contributed by atoms with E-state index in [1.807, 2.05) is 30.3 Å². The maximum absolute atomic E-state index is 14.1. The molecule has 1 saturated heterocycles. The maximum Gasteiger partial charge on any atom is 0.281 e. The summed E-state index contributed by atoms with van der Waals surface area (Å²) >= 11 is 1.19. The maximum atomic E-state index is 14.1. The first kappa shape index (κ1) is 23.0. The summed E-state index contributed by atoms with van der Waals surface area (Å²) in [4.78, 5) is 29.6. The molecule has 4 rings (SSSR count). The van der Waals surface area contributed by atoms with E-state index >= 15 is 0 Å². The highest BCUT2D eigenvalue weighted by Gasteiger charge is 2.40. The van der Waals surface area contributed by atoms with Gasteiger partial charge in [-0.15, -0.1) is 11.3 Å². The molecular weight excluding hydrogens is 467 g/mol. The van der Waals surface area contributed by atoms with E-state index in [4.69, 9.17) is 0 Å². The van der Waals surface area contributed by atoms with Crippen molar-refractivity contribution < 1.29 is 22.4 Å². The van der Waals surface area contributed by atoms with Crippen LogP contribution in [-0.2, 0) is 14.8 Å². The first-order chi connectivity index (χ1) is 15.8. The van der Waals surface area contributed by atoms with Gasteiger partial charge in [0.15, 0.2) is 0 Å². The van der Waals surface area contributed by atoms with Gasteiger partial charge >= 0.3 is 0 Å². The van der Waals surface area contributed by atoms with Crippen LogP contribution in [0, 0.1) is 12.7 Å². The van der Waals surface area contributed by atoms with E-state index < -0.39 is 38.6 Å². The number of benzene rings is 2. The summed E-state index contributed by atoms with van der Waals surface area (Å²) < 4.78 is 40.9. The lowest BCUT2D eigenvalue weighted by Crippen LogP contribution is -2.51. The highest BCUT2D eigenvalue weighted by Crippen LogP contribution is 2.29. The van der Waals surface area contributed by atoms with Crippen molar-refractivity contribution in [2.45, 2.75) is 30.7 Å². The molecule has 1 unspecified atom stereocenters. The van der Waals surface area contributed by atoms with E-state index in [0.717, 1.165) is 22.0 Å². The Labute approximate surface area is 194 Å². The van der Waals surface area contributed by atoms with Crippen LogP contribution >= 0.6 is 11.3 Å². The minimum atomic E-state index is -4.21. The Morgan fingerprint density at radius 1 is 1.09 bits per heavy atom. The summed E-state index contributed by atoms with van der Waals surface area (Å²) in [5.74, 6) is -2.12. The molecule has 1 aliphatic rings. The lowest BCUT2D eigenvalue weighted by atomic mass is 10.2. The van der Waals surface area contributed by atoms with E-state index in [2.05, 4.69) is 15.8 Å². The van der Waals surface area contributed by atoms with Gasteiger partial charge in [0.05, 0.1) is 5.69 Å². The molecule has 2 aromatic carbocycles. The smallest absolute Gasteiger partial charge is 0.271 e. The molecule has 2 amide bonds. The standard InChI is InChI=1S/C22H21FN4O4S2/c1-14-19(32-22(24-14)15-8-3-2-4-9-15)21(29)26-25-20(28)17-11-7-13-27(17)33(30,31)18-12-6-5-10-16(18)23/h2-6,8-10,12,17H,7,11,13H2,1H3,(H,25,28)(H,26,29). The van der Waals surface area contributed by atoms with Crippen LogP contribution in [0.1, 0.15) is 28.2 Å². The van der Waals surface area contributed by atoms with Crippen molar-refractivity contribution in [2.24, 2.45) is 0 Å². The van der Waals surface area contributed by atoms with E-state index in [0.29, 0.717) is 22.0 Å². The van der Waals surface area contributed by atoms with Gasteiger partial charge in [-0.3, -0.25) is 20.4 Å². The van der Waals surface area contributed by atoms with Gasteiger partial charge in [-0.05, 0) is 31.9 Å². The zero-order valence-corrected chi connectivity index (χ0v) is 19.2.